The standard InChI is InChI=1S/C12H14N2O2/c1-9-8-11(6-7-12(9)14(15)16)13-10-4-2-3-5-10/h2-3,6-8,10,13H,4-5H2,1H3. The van der Waals surface area contributed by atoms with Crippen LogP contribution in [0, 0.1) is 17.0 Å². The average Bonchev–Trinajstić information content (AvgIpc) is 2.70. The van der Waals surface area contributed by atoms with Crippen LogP contribution in [-0.2, 0) is 0 Å². The van der Waals surface area contributed by atoms with Gasteiger partial charge in [-0.25, -0.2) is 0 Å². The molecular formula is C12H14N2O2. The number of benzene rings is 1. The fourth-order valence-corrected chi connectivity index (χ4v) is 1.92. The number of nitrogens with one attached hydrogen (secondary N) is 1. The zero-order valence-electron chi connectivity index (χ0n) is 9.14. The van der Waals surface area contributed by atoms with E-state index >= 15 is 0 Å². The van der Waals surface area contributed by atoms with Crippen LogP contribution >= 0.6 is 0 Å². The van der Waals surface area contributed by atoms with Crippen molar-refractivity contribution in [1.29, 1.82) is 0 Å². The maximum absolute atomic E-state index is 10.7. The normalized spacial score (nSPS) is 15.3. The molecule has 0 fully saturated rings. The second kappa shape index (κ2) is 4.35. The Morgan fingerprint density at radius 2 is 2.06 bits per heavy atom. The highest BCUT2D eigenvalue weighted by molar-refractivity contribution is 5.54. The van der Waals surface area contributed by atoms with E-state index in [1.807, 2.05) is 6.07 Å². The lowest BCUT2D eigenvalue weighted by atomic mass is 10.1. The van der Waals surface area contributed by atoms with E-state index in [-0.39, 0.29) is 10.6 Å². The predicted octanol–water partition coefficient (Wildman–Crippen LogP) is 3.03. The molecule has 0 aromatic heterocycles. The molecule has 0 aliphatic heterocycles. The minimum Gasteiger partial charge on any atom is -0.382 e. The average molecular weight is 218 g/mol. The Morgan fingerprint density at radius 1 is 1.38 bits per heavy atom. The number of hydrogen-bond donors (Lipinski definition) is 1. The van der Waals surface area contributed by atoms with Gasteiger partial charge in [-0.2, -0.15) is 0 Å². The van der Waals surface area contributed by atoms with Crippen molar-refractivity contribution in [2.75, 3.05) is 5.32 Å². The van der Waals surface area contributed by atoms with Gasteiger partial charge in [-0.05, 0) is 31.9 Å². The lowest BCUT2D eigenvalue weighted by Crippen LogP contribution is -2.14. The topological polar surface area (TPSA) is 55.2 Å². The van der Waals surface area contributed by atoms with Crippen molar-refractivity contribution >= 4 is 11.4 Å². The molecule has 0 saturated heterocycles. The summed E-state index contributed by atoms with van der Waals surface area (Å²) in [5, 5.41) is 14.0. The monoisotopic (exact) mass is 218 g/mol. The van der Waals surface area contributed by atoms with Crippen LogP contribution in [0.5, 0.6) is 0 Å². The van der Waals surface area contributed by atoms with Crippen molar-refractivity contribution in [3.8, 4) is 0 Å². The molecule has 0 spiro atoms. The Balaban J connectivity index is 2.11. The molecule has 84 valence electrons. The van der Waals surface area contributed by atoms with E-state index in [9.17, 15) is 10.1 Å². The molecule has 4 heteroatoms. The van der Waals surface area contributed by atoms with Gasteiger partial charge in [-0.1, -0.05) is 12.2 Å². The third-order valence-electron chi connectivity index (χ3n) is 2.77. The summed E-state index contributed by atoms with van der Waals surface area (Å²) < 4.78 is 0. The number of nitro benzene ring substituents is 1. The molecule has 1 aliphatic carbocycles. The maximum atomic E-state index is 10.7. The molecule has 1 aliphatic rings. The molecule has 0 radical (unpaired) electrons. The van der Waals surface area contributed by atoms with Gasteiger partial charge < -0.3 is 5.32 Å². The van der Waals surface area contributed by atoms with Crippen molar-refractivity contribution in [2.45, 2.75) is 25.8 Å². The molecular weight excluding hydrogens is 204 g/mol. The van der Waals surface area contributed by atoms with Crippen molar-refractivity contribution in [1.82, 2.24) is 0 Å². The third kappa shape index (κ3) is 2.21. The zero-order chi connectivity index (χ0) is 11.5. The summed E-state index contributed by atoms with van der Waals surface area (Å²) in [5.74, 6) is 0. The van der Waals surface area contributed by atoms with E-state index in [4.69, 9.17) is 0 Å². The number of nitrogens with zero attached hydrogens (tertiary/aromatic N) is 1. The van der Waals surface area contributed by atoms with E-state index < -0.39 is 0 Å². The first-order valence-corrected chi connectivity index (χ1v) is 5.33. The molecule has 0 amide bonds. The molecule has 4 nitrogen and oxygen atoms in total. The molecule has 0 atom stereocenters. The summed E-state index contributed by atoms with van der Waals surface area (Å²) in [6.07, 6.45) is 6.35. The fourth-order valence-electron chi connectivity index (χ4n) is 1.92. The van der Waals surface area contributed by atoms with Crippen LogP contribution < -0.4 is 5.32 Å². The summed E-state index contributed by atoms with van der Waals surface area (Å²) in [6, 6.07) is 5.58. The highest BCUT2D eigenvalue weighted by Gasteiger charge is 2.13. The molecule has 0 bridgehead atoms. The number of anilines is 1. The van der Waals surface area contributed by atoms with Crippen LogP contribution in [-0.4, -0.2) is 11.0 Å². The van der Waals surface area contributed by atoms with Crippen molar-refractivity contribution < 1.29 is 4.92 Å². The Hall–Kier alpha value is -1.84. The molecule has 0 unspecified atom stereocenters. The van der Waals surface area contributed by atoms with Crippen LogP contribution in [0.3, 0.4) is 0 Å². The third-order valence-corrected chi connectivity index (χ3v) is 2.77. The Morgan fingerprint density at radius 3 is 2.62 bits per heavy atom. The first-order chi connectivity index (χ1) is 7.66. The van der Waals surface area contributed by atoms with E-state index in [1.54, 1.807) is 19.1 Å². The molecule has 0 saturated carbocycles. The van der Waals surface area contributed by atoms with Crippen LogP contribution in [0.25, 0.3) is 0 Å². The molecule has 1 aromatic carbocycles. The molecule has 2 rings (SSSR count). The zero-order valence-corrected chi connectivity index (χ0v) is 9.14. The summed E-state index contributed by atoms with van der Waals surface area (Å²) in [4.78, 5) is 10.3. The number of rotatable bonds is 3. The van der Waals surface area contributed by atoms with Gasteiger partial charge in [0.25, 0.3) is 5.69 Å². The second-order valence-electron chi connectivity index (χ2n) is 4.04. The van der Waals surface area contributed by atoms with Gasteiger partial charge in [0.05, 0.1) is 4.92 Å². The first kappa shape index (κ1) is 10.7. The van der Waals surface area contributed by atoms with Gasteiger partial charge in [0.15, 0.2) is 0 Å². The lowest BCUT2D eigenvalue weighted by Gasteiger charge is -2.13. The van der Waals surface area contributed by atoms with Crippen molar-refractivity contribution in [2.24, 2.45) is 0 Å². The Labute approximate surface area is 94.1 Å². The molecule has 16 heavy (non-hydrogen) atoms. The molecule has 0 heterocycles. The van der Waals surface area contributed by atoms with Crippen LogP contribution in [0.15, 0.2) is 30.4 Å². The van der Waals surface area contributed by atoms with Gasteiger partial charge in [-0.15, -0.1) is 0 Å². The summed E-state index contributed by atoms with van der Waals surface area (Å²) in [5.41, 5.74) is 1.83. The fraction of sp³-hybridized carbons (Fsp3) is 0.333. The molecule has 1 N–H and O–H groups in total. The number of nitro groups is 1. The molecule has 1 aromatic rings. The van der Waals surface area contributed by atoms with Crippen molar-refractivity contribution in [3.05, 3.63) is 46.0 Å². The van der Waals surface area contributed by atoms with Gasteiger partial charge in [0.1, 0.15) is 0 Å². The van der Waals surface area contributed by atoms with Crippen LogP contribution in [0.1, 0.15) is 18.4 Å². The quantitative estimate of drug-likeness (QED) is 0.482. The highest BCUT2D eigenvalue weighted by atomic mass is 16.6. The Kier molecular flexibility index (Phi) is 2.90. The van der Waals surface area contributed by atoms with Gasteiger partial charge in [0.2, 0.25) is 0 Å². The van der Waals surface area contributed by atoms with Crippen molar-refractivity contribution in [3.63, 3.8) is 0 Å². The van der Waals surface area contributed by atoms with Gasteiger partial charge >= 0.3 is 0 Å². The highest BCUT2D eigenvalue weighted by Crippen LogP contribution is 2.23. The number of aryl methyl sites for hydroxylation is 1. The lowest BCUT2D eigenvalue weighted by molar-refractivity contribution is -0.385. The first-order valence-electron chi connectivity index (χ1n) is 5.33. The Bertz CT molecular complexity index is 433. The minimum atomic E-state index is -0.351. The van der Waals surface area contributed by atoms with Gasteiger partial charge in [0, 0.05) is 23.4 Å². The maximum Gasteiger partial charge on any atom is 0.272 e. The van der Waals surface area contributed by atoms with Gasteiger partial charge in [-0.3, -0.25) is 10.1 Å². The van der Waals surface area contributed by atoms with E-state index in [0.29, 0.717) is 11.6 Å². The summed E-state index contributed by atoms with van der Waals surface area (Å²) in [6.45, 7) is 1.76. The SMILES string of the molecule is Cc1cc(NC2CC=CC2)ccc1[N+](=O)[O-]. The summed E-state index contributed by atoms with van der Waals surface area (Å²) >= 11 is 0. The minimum absolute atomic E-state index is 0.176. The summed E-state index contributed by atoms with van der Waals surface area (Å²) in [7, 11) is 0. The van der Waals surface area contributed by atoms with E-state index in [2.05, 4.69) is 17.5 Å². The second-order valence-corrected chi connectivity index (χ2v) is 4.04. The van der Waals surface area contributed by atoms with E-state index in [0.717, 1.165) is 18.5 Å². The smallest absolute Gasteiger partial charge is 0.272 e. The van der Waals surface area contributed by atoms with Crippen LogP contribution in [0.4, 0.5) is 11.4 Å². The number of hydrogen-bond acceptors (Lipinski definition) is 3. The largest absolute Gasteiger partial charge is 0.382 e. The van der Waals surface area contributed by atoms with E-state index in [1.165, 1.54) is 0 Å². The van der Waals surface area contributed by atoms with Crippen LogP contribution in [0.2, 0.25) is 0 Å². The predicted molar refractivity (Wildman–Crippen MR) is 63.6 cm³/mol.